The molecule has 0 radical (unpaired) electrons. The highest BCUT2D eigenvalue weighted by molar-refractivity contribution is 7.99. The van der Waals surface area contributed by atoms with Crippen molar-refractivity contribution in [1.29, 1.82) is 0 Å². The largest absolute Gasteiger partial charge is 0.491 e. The minimum atomic E-state index is -1.19. The molecule has 2 rings (SSSR count). The fraction of sp³-hybridized carbons (Fsp3) is 0.467. The second-order valence-electron chi connectivity index (χ2n) is 5.26. The molecule has 0 bridgehead atoms. The number of ether oxygens (including phenoxy) is 1. The van der Waals surface area contributed by atoms with E-state index < -0.39 is 23.1 Å². The van der Waals surface area contributed by atoms with Crippen molar-refractivity contribution in [3.8, 4) is 5.75 Å². The lowest BCUT2D eigenvalue weighted by molar-refractivity contribution is -0.146. The van der Waals surface area contributed by atoms with Crippen molar-refractivity contribution in [3.05, 3.63) is 29.8 Å². The molecule has 0 saturated carbocycles. The molecule has 1 aromatic carbocycles. The third-order valence-electron chi connectivity index (χ3n) is 3.51. The van der Waals surface area contributed by atoms with Gasteiger partial charge < -0.3 is 15.2 Å². The zero-order valence-corrected chi connectivity index (χ0v) is 13.1. The maximum Gasteiger partial charge on any atom is 0.330 e. The van der Waals surface area contributed by atoms with Gasteiger partial charge in [0.25, 0.3) is 0 Å². The van der Waals surface area contributed by atoms with Crippen LogP contribution < -0.4 is 10.1 Å². The monoisotopic (exact) mass is 345 g/mol. The minimum absolute atomic E-state index is 0.0719. The highest BCUT2D eigenvalue weighted by Crippen LogP contribution is 2.28. The molecule has 23 heavy (non-hydrogen) atoms. The summed E-state index contributed by atoms with van der Waals surface area (Å²) >= 11 is 1.49. The smallest absolute Gasteiger partial charge is 0.330 e. The van der Waals surface area contributed by atoms with Gasteiger partial charge in [0.05, 0.1) is 6.61 Å². The van der Waals surface area contributed by atoms with Crippen molar-refractivity contribution in [2.45, 2.75) is 24.8 Å². The summed E-state index contributed by atoms with van der Waals surface area (Å²) in [4.78, 5) is 23.2. The van der Waals surface area contributed by atoms with Crippen LogP contribution in [0.1, 0.15) is 19.3 Å². The topological polar surface area (TPSA) is 75.6 Å². The summed E-state index contributed by atoms with van der Waals surface area (Å²) in [6, 6.07) is 2.98. The summed E-state index contributed by atoms with van der Waals surface area (Å²) in [6.45, 7) is 0.0742. The Bertz CT molecular complexity index is 591. The van der Waals surface area contributed by atoms with Gasteiger partial charge >= 0.3 is 5.97 Å². The average molecular weight is 345 g/mol. The van der Waals surface area contributed by atoms with E-state index in [9.17, 15) is 23.5 Å². The van der Waals surface area contributed by atoms with Crippen LogP contribution in [-0.2, 0) is 9.59 Å². The molecule has 126 valence electrons. The standard InChI is InChI=1S/C15H17F2NO4S/c16-10-3-4-12(11(17)8-10)22-6-1-2-13(19)18-15(14(20)21)5-7-23-9-15/h3-4,8H,1-2,5-7,9H2,(H,18,19)(H,20,21). The molecule has 1 saturated heterocycles. The van der Waals surface area contributed by atoms with Crippen LogP contribution in [0.2, 0.25) is 0 Å². The molecule has 1 fully saturated rings. The molecule has 1 unspecified atom stereocenters. The number of aliphatic carboxylic acids is 1. The first-order valence-corrected chi connectivity index (χ1v) is 8.28. The van der Waals surface area contributed by atoms with Crippen molar-refractivity contribution in [1.82, 2.24) is 5.32 Å². The second-order valence-corrected chi connectivity index (χ2v) is 6.37. The van der Waals surface area contributed by atoms with E-state index in [1.165, 1.54) is 17.8 Å². The number of nitrogens with one attached hydrogen (secondary N) is 1. The van der Waals surface area contributed by atoms with Gasteiger partial charge in [-0.25, -0.2) is 13.6 Å². The van der Waals surface area contributed by atoms with Crippen LogP contribution in [-0.4, -0.2) is 40.6 Å². The molecule has 1 aliphatic rings. The fourth-order valence-electron chi connectivity index (χ4n) is 2.22. The van der Waals surface area contributed by atoms with Gasteiger partial charge in [-0.15, -0.1) is 0 Å². The summed E-state index contributed by atoms with van der Waals surface area (Å²) in [7, 11) is 0. The van der Waals surface area contributed by atoms with Crippen LogP contribution in [0, 0.1) is 11.6 Å². The van der Waals surface area contributed by atoms with Gasteiger partial charge in [0.2, 0.25) is 5.91 Å². The number of rotatable bonds is 7. The van der Waals surface area contributed by atoms with Crippen LogP contribution in [0.25, 0.3) is 0 Å². The molecule has 0 aromatic heterocycles. The van der Waals surface area contributed by atoms with Crippen molar-refractivity contribution in [2.24, 2.45) is 0 Å². The third kappa shape index (κ3) is 4.57. The predicted octanol–water partition coefficient (Wildman–Crippen LogP) is 2.20. The Kier molecular flexibility index (Phi) is 5.81. The summed E-state index contributed by atoms with van der Waals surface area (Å²) < 4.78 is 31.2. The van der Waals surface area contributed by atoms with E-state index in [1.807, 2.05) is 0 Å². The highest BCUT2D eigenvalue weighted by atomic mass is 32.2. The molecule has 1 amide bonds. The minimum Gasteiger partial charge on any atom is -0.491 e. The maximum atomic E-state index is 13.3. The van der Waals surface area contributed by atoms with Crippen molar-refractivity contribution in [3.63, 3.8) is 0 Å². The van der Waals surface area contributed by atoms with Crippen molar-refractivity contribution >= 4 is 23.6 Å². The molecule has 1 heterocycles. The van der Waals surface area contributed by atoms with Gasteiger partial charge in [-0.3, -0.25) is 4.79 Å². The van der Waals surface area contributed by atoms with Gasteiger partial charge in [0.15, 0.2) is 11.6 Å². The van der Waals surface area contributed by atoms with E-state index in [-0.39, 0.29) is 24.7 Å². The van der Waals surface area contributed by atoms with Crippen molar-refractivity contribution in [2.75, 3.05) is 18.1 Å². The highest BCUT2D eigenvalue weighted by Gasteiger charge is 2.43. The zero-order chi connectivity index (χ0) is 16.9. The SMILES string of the molecule is O=C(CCCOc1ccc(F)cc1F)NC1(C(=O)O)CCSC1. The first-order valence-electron chi connectivity index (χ1n) is 7.13. The van der Waals surface area contributed by atoms with Gasteiger partial charge in [0, 0.05) is 18.2 Å². The van der Waals surface area contributed by atoms with Gasteiger partial charge in [-0.05, 0) is 30.7 Å². The van der Waals surface area contributed by atoms with Gasteiger partial charge in [-0.2, -0.15) is 11.8 Å². The lowest BCUT2D eigenvalue weighted by Gasteiger charge is -2.24. The number of carboxylic acid groups (broad SMARTS) is 1. The van der Waals surface area contributed by atoms with E-state index in [4.69, 9.17) is 4.74 Å². The number of benzene rings is 1. The summed E-state index contributed by atoms with van der Waals surface area (Å²) in [6.07, 6.45) is 0.768. The molecular weight excluding hydrogens is 328 g/mol. The number of carbonyl (C=O) groups is 2. The first kappa shape index (κ1) is 17.5. The Labute approximate surface area is 136 Å². The number of thioether (sulfide) groups is 1. The molecule has 1 aliphatic heterocycles. The molecule has 0 aliphatic carbocycles. The number of hydrogen-bond acceptors (Lipinski definition) is 4. The molecule has 0 spiro atoms. The van der Waals surface area contributed by atoms with Crippen LogP contribution in [0.3, 0.4) is 0 Å². The van der Waals surface area contributed by atoms with E-state index in [0.29, 0.717) is 24.3 Å². The Morgan fingerprint density at radius 2 is 2.17 bits per heavy atom. The normalized spacial score (nSPS) is 20.3. The zero-order valence-electron chi connectivity index (χ0n) is 12.3. The second kappa shape index (κ2) is 7.63. The lowest BCUT2D eigenvalue weighted by atomic mass is 9.99. The quantitative estimate of drug-likeness (QED) is 0.741. The predicted molar refractivity (Wildman–Crippen MR) is 81.5 cm³/mol. The Hall–Kier alpha value is -1.83. The van der Waals surface area contributed by atoms with Crippen LogP contribution >= 0.6 is 11.8 Å². The Morgan fingerprint density at radius 3 is 2.78 bits per heavy atom. The van der Waals surface area contributed by atoms with Crippen LogP contribution in [0.5, 0.6) is 5.75 Å². The number of hydrogen-bond donors (Lipinski definition) is 2. The van der Waals surface area contributed by atoms with Crippen molar-refractivity contribution < 1.29 is 28.2 Å². The van der Waals surface area contributed by atoms with Gasteiger partial charge in [0.1, 0.15) is 11.4 Å². The van der Waals surface area contributed by atoms with Gasteiger partial charge in [-0.1, -0.05) is 0 Å². The average Bonchev–Trinajstić information content (AvgIpc) is 2.95. The first-order chi connectivity index (χ1) is 10.9. The maximum absolute atomic E-state index is 13.3. The van der Waals surface area contributed by atoms with E-state index in [1.54, 1.807) is 0 Å². The molecule has 1 aromatic rings. The summed E-state index contributed by atoms with van der Waals surface area (Å²) in [5.41, 5.74) is -1.19. The lowest BCUT2D eigenvalue weighted by Crippen LogP contribution is -2.54. The number of carbonyl (C=O) groups excluding carboxylic acids is 1. The molecule has 2 N–H and O–H groups in total. The van der Waals surface area contributed by atoms with Crippen LogP contribution in [0.15, 0.2) is 18.2 Å². The van der Waals surface area contributed by atoms with E-state index in [0.717, 1.165) is 12.1 Å². The Morgan fingerprint density at radius 1 is 1.39 bits per heavy atom. The summed E-state index contributed by atoms with van der Waals surface area (Å²) in [5, 5.41) is 11.8. The third-order valence-corrected chi connectivity index (χ3v) is 4.70. The molecule has 5 nitrogen and oxygen atoms in total. The Balaban J connectivity index is 1.75. The number of halogens is 2. The number of carboxylic acids is 1. The molecular formula is C15H17F2NO4S. The fourth-order valence-corrected chi connectivity index (χ4v) is 3.55. The number of amides is 1. The summed E-state index contributed by atoms with van der Waals surface area (Å²) in [5.74, 6) is -1.94. The van der Waals surface area contributed by atoms with E-state index >= 15 is 0 Å². The molecule has 8 heteroatoms. The van der Waals surface area contributed by atoms with E-state index in [2.05, 4.69) is 5.32 Å². The molecule has 1 atom stereocenters. The van der Waals surface area contributed by atoms with Crippen LogP contribution in [0.4, 0.5) is 8.78 Å².